The van der Waals surface area contributed by atoms with Crippen molar-refractivity contribution in [2.45, 2.75) is 13.3 Å². The van der Waals surface area contributed by atoms with Crippen molar-refractivity contribution < 1.29 is 14.4 Å². The lowest BCUT2D eigenvalue weighted by molar-refractivity contribution is 0.102. The summed E-state index contributed by atoms with van der Waals surface area (Å²) in [7, 11) is 0. The van der Waals surface area contributed by atoms with Crippen LogP contribution in [0.5, 0.6) is 0 Å². The zero-order valence-electron chi connectivity index (χ0n) is 11.0. The molecule has 5 heteroatoms. The maximum atomic E-state index is 12.0. The van der Waals surface area contributed by atoms with Gasteiger partial charge in [0, 0.05) is 23.6 Å². The summed E-state index contributed by atoms with van der Waals surface area (Å²) in [5.74, 6) is 5.88. The number of nitrogens with one attached hydrogen (secondary N) is 1. The number of hydrogen-bond donors (Lipinski definition) is 2. The molecule has 2 N–H and O–H groups in total. The van der Waals surface area contributed by atoms with E-state index in [0.717, 1.165) is 11.1 Å². The molecule has 1 heterocycles. The number of hydrogen-bond acceptors (Lipinski definition) is 4. The number of nitrogens with zero attached hydrogens (tertiary/aromatic N) is 1. The lowest BCUT2D eigenvalue weighted by atomic mass is 10.0. The quantitative estimate of drug-likeness (QED) is 0.836. The SMILES string of the molecule is Cc1ccc(C(=O)Nc2ccon2)cc1C#CCCO. The lowest BCUT2D eigenvalue weighted by Crippen LogP contribution is -2.12. The van der Waals surface area contributed by atoms with Crippen LogP contribution in [0, 0.1) is 18.8 Å². The van der Waals surface area contributed by atoms with Crippen LogP contribution in [-0.2, 0) is 0 Å². The number of aliphatic hydroxyl groups is 1. The van der Waals surface area contributed by atoms with Crippen molar-refractivity contribution in [3.63, 3.8) is 0 Å². The highest BCUT2D eigenvalue weighted by Gasteiger charge is 2.09. The first kappa shape index (κ1) is 13.8. The molecule has 2 aromatic rings. The van der Waals surface area contributed by atoms with Gasteiger partial charge in [-0.15, -0.1) is 0 Å². The Hall–Kier alpha value is -2.58. The fourth-order valence-corrected chi connectivity index (χ4v) is 1.58. The average Bonchev–Trinajstić information content (AvgIpc) is 2.94. The third-order valence-corrected chi connectivity index (χ3v) is 2.64. The molecule has 0 saturated heterocycles. The summed E-state index contributed by atoms with van der Waals surface area (Å²) in [6.45, 7) is 1.95. The number of amides is 1. The van der Waals surface area contributed by atoms with E-state index in [-0.39, 0.29) is 12.5 Å². The first-order valence-corrected chi connectivity index (χ1v) is 6.13. The molecule has 2 rings (SSSR count). The van der Waals surface area contributed by atoms with Crippen LogP contribution in [-0.4, -0.2) is 22.8 Å². The first-order valence-electron chi connectivity index (χ1n) is 6.13. The first-order chi connectivity index (χ1) is 9.70. The van der Waals surface area contributed by atoms with Gasteiger partial charge in [0.25, 0.3) is 5.91 Å². The molecule has 0 atom stereocenters. The van der Waals surface area contributed by atoms with Gasteiger partial charge in [0.15, 0.2) is 5.82 Å². The summed E-state index contributed by atoms with van der Waals surface area (Å²) in [6.07, 6.45) is 1.80. The van der Waals surface area contributed by atoms with Crippen LogP contribution >= 0.6 is 0 Å². The smallest absolute Gasteiger partial charge is 0.256 e. The number of benzene rings is 1. The standard InChI is InChI=1S/C15H14N2O3/c1-11-5-6-13(10-12(11)4-2-3-8-18)15(19)16-14-7-9-20-17-14/h5-7,9-10,18H,3,8H2,1H3,(H,16,17,19). The number of carbonyl (C=O) groups is 1. The van der Waals surface area contributed by atoms with Gasteiger partial charge >= 0.3 is 0 Å². The van der Waals surface area contributed by atoms with E-state index in [1.807, 2.05) is 13.0 Å². The molecule has 0 spiro atoms. The molecule has 1 aromatic heterocycles. The molecular weight excluding hydrogens is 256 g/mol. The van der Waals surface area contributed by atoms with Crippen LogP contribution in [0.25, 0.3) is 0 Å². The van der Waals surface area contributed by atoms with Gasteiger partial charge < -0.3 is 14.9 Å². The number of aromatic nitrogens is 1. The lowest BCUT2D eigenvalue weighted by Gasteiger charge is -2.04. The van der Waals surface area contributed by atoms with Gasteiger partial charge in [0.2, 0.25) is 0 Å². The molecule has 1 amide bonds. The van der Waals surface area contributed by atoms with E-state index in [0.29, 0.717) is 17.8 Å². The largest absolute Gasteiger partial charge is 0.395 e. The summed E-state index contributed by atoms with van der Waals surface area (Å²) in [6, 6.07) is 6.84. The van der Waals surface area contributed by atoms with E-state index < -0.39 is 0 Å². The van der Waals surface area contributed by atoms with Gasteiger partial charge in [-0.25, -0.2) is 0 Å². The molecule has 0 unspecified atom stereocenters. The Labute approximate surface area is 116 Å². The maximum absolute atomic E-state index is 12.0. The van der Waals surface area contributed by atoms with E-state index >= 15 is 0 Å². The third-order valence-electron chi connectivity index (χ3n) is 2.64. The Morgan fingerprint density at radius 3 is 3.00 bits per heavy atom. The minimum absolute atomic E-state index is 0.0262. The Bertz CT molecular complexity index is 651. The minimum Gasteiger partial charge on any atom is -0.395 e. The number of anilines is 1. The molecule has 0 saturated carbocycles. The van der Waals surface area contributed by atoms with E-state index in [1.54, 1.807) is 18.2 Å². The normalized spacial score (nSPS) is 9.70. The fourth-order valence-electron chi connectivity index (χ4n) is 1.58. The van der Waals surface area contributed by atoms with Crippen LogP contribution < -0.4 is 5.32 Å². The molecule has 1 aromatic carbocycles. The minimum atomic E-state index is -0.274. The second-order valence-corrected chi connectivity index (χ2v) is 4.14. The molecule has 20 heavy (non-hydrogen) atoms. The number of rotatable bonds is 3. The molecule has 0 aliphatic rings. The van der Waals surface area contributed by atoms with Crippen molar-refractivity contribution in [1.82, 2.24) is 5.16 Å². The fraction of sp³-hybridized carbons (Fsp3) is 0.200. The highest BCUT2D eigenvalue weighted by atomic mass is 16.5. The maximum Gasteiger partial charge on any atom is 0.256 e. The van der Waals surface area contributed by atoms with Crippen LogP contribution in [0.15, 0.2) is 35.1 Å². The monoisotopic (exact) mass is 270 g/mol. The van der Waals surface area contributed by atoms with Crippen molar-refractivity contribution >= 4 is 11.7 Å². The summed E-state index contributed by atoms with van der Waals surface area (Å²) < 4.78 is 4.65. The van der Waals surface area contributed by atoms with Gasteiger partial charge in [-0.05, 0) is 24.6 Å². The molecule has 0 fully saturated rings. The molecule has 102 valence electrons. The molecule has 0 bridgehead atoms. The van der Waals surface area contributed by atoms with Crippen LogP contribution in [0.4, 0.5) is 5.82 Å². The van der Waals surface area contributed by atoms with Crippen LogP contribution in [0.1, 0.15) is 27.9 Å². The van der Waals surface area contributed by atoms with E-state index in [1.165, 1.54) is 6.26 Å². The molecular formula is C15H14N2O3. The Morgan fingerprint density at radius 1 is 1.45 bits per heavy atom. The van der Waals surface area contributed by atoms with Crippen LogP contribution in [0.3, 0.4) is 0 Å². The number of aryl methyl sites for hydroxylation is 1. The number of aliphatic hydroxyl groups excluding tert-OH is 1. The second-order valence-electron chi connectivity index (χ2n) is 4.14. The highest BCUT2D eigenvalue weighted by Crippen LogP contribution is 2.12. The van der Waals surface area contributed by atoms with Gasteiger partial charge in [-0.3, -0.25) is 4.79 Å². The Balaban J connectivity index is 2.18. The molecule has 0 radical (unpaired) electrons. The van der Waals surface area contributed by atoms with Crippen molar-refractivity contribution in [1.29, 1.82) is 0 Å². The van der Waals surface area contributed by atoms with Crippen molar-refractivity contribution in [3.8, 4) is 11.8 Å². The van der Waals surface area contributed by atoms with E-state index in [2.05, 4.69) is 26.8 Å². The summed E-state index contributed by atoms with van der Waals surface area (Å²) in [5.41, 5.74) is 2.24. The molecule has 5 nitrogen and oxygen atoms in total. The van der Waals surface area contributed by atoms with Gasteiger partial charge in [-0.2, -0.15) is 0 Å². The van der Waals surface area contributed by atoms with Crippen molar-refractivity contribution in [2.75, 3.05) is 11.9 Å². The topological polar surface area (TPSA) is 75.4 Å². The zero-order valence-corrected chi connectivity index (χ0v) is 11.0. The van der Waals surface area contributed by atoms with Crippen molar-refractivity contribution in [3.05, 3.63) is 47.2 Å². The van der Waals surface area contributed by atoms with Gasteiger partial charge in [0.05, 0.1) is 6.61 Å². The Morgan fingerprint density at radius 2 is 2.30 bits per heavy atom. The predicted molar refractivity (Wildman–Crippen MR) is 74.2 cm³/mol. The molecule has 0 aliphatic carbocycles. The van der Waals surface area contributed by atoms with Crippen LogP contribution in [0.2, 0.25) is 0 Å². The summed E-state index contributed by atoms with van der Waals surface area (Å²) in [4.78, 5) is 12.0. The zero-order chi connectivity index (χ0) is 14.4. The van der Waals surface area contributed by atoms with Gasteiger partial charge in [-0.1, -0.05) is 23.1 Å². The third kappa shape index (κ3) is 3.46. The highest BCUT2D eigenvalue weighted by molar-refractivity contribution is 6.04. The average molecular weight is 270 g/mol. The summed E-state index contributed by atoms with van der Waals surface area (Å²) >= 11 is 0. The Kier molecular flexibility index (Phi) is 4.53. The predicted octanol–water partition coefficient (Wildman–Crippen LogP) is 1.97. The van der Waals surface area contributed by atoms with E-state index in [4.69, 9.17) is 5.11 Å². The number of carbonyl (C=O) groups excluding carboxylic acids is 1. The summed E-state index contributed by atoms with van der Waals surface area (Å²) in [5, 5.41) is 15.0. The van der Waals surface area contributed by atoms with Crippen molar-refractivity contribution in [2.24, 2.45) is 0 Å². The molecule has 0 aliphatic heterocycles. The second kappa shape index (κ2) is 6.55. The van der Waals surface area contributed by atoms with Gasteiger partial charge in [0.1, 0.15) is 6.26 Å². The van der Waals surface area contributed by atoms with E-state index in [9.17, 15) is 4.79 Å².